The smallest absolute Gasteiger partial charge is 0.243 e. The van der Waals surface area contributed by atoms with Crippen LogP contribution in [0.4, 0.5) is 0 Å². The van der Waals surface area contributed by atoms with E-state index >= 15 is 0 Å². The summed E-state index contributed by atoms with van der Waals surface area (Å²) in [5, 5.41) is 3.26. The van der Waals surface area contributed by atoms with Gasteiger partial charge in [-0.1, -0.05) is 5.11 Å². The zero-order valence-corrected chi connectivity index (χ0v) is 7.18. The highest BCUT2D eigenvalue weighted by Gasteiger charge is 1.93. The van der Waals surface area contributed by atoms with Crippen LogP contribution in [-0.4, -0.2) is 38.9 Å². The van der Waals surface area contributed by atoms with Crippen molar-refractivity contribution >= 4 is 5.91 Å². The molecule has 0 heterocycles. The summed E-state index contributed by atoms with van der Waals surface area (Å²) in [6, 6.07) is 0. The Balaban J connectivity index is 2.99. The second-order valence-corrected chi connectivity index (χ2v) is 2.09. The van der Waals surface area contributed by atoms with Gasteiger partial charge in [0, 0.05) is 11.5 Å². The second-order valence-electron chi connectivity index (χ2n) is 2.09. The molecule has 0 saturated heterocycles. The number of nitrogens with zero attached hydrogens (tertiary/aromatic N) is 3. The second kappa shape index (κ2) is 8.79. The minimum atomic E-state index is -0.505. The summed E-state index contributed by atoms with van der Waals surface area (Å²) < 4.78 is 9.77. The Morgan fingerprint density at radius 2 is 2.08 bits per heavy atom. The van der Waals surface area contributed by atoms with Gasteiger partial charge in [0.05, 0.1) is 19.8 Å². The van der Waals surface area contributed by atoms with Crippen LogP contribution in [0.5, 0.6) is 0 Å². The van der Waals surface area contributed by atoms with Gasteiger partial charge in [-0.15, -0.1) is 0 Å². The predicted molar refractivity (Wildman–Crippen MR) is 44.8 cm³/mol. The molecule has 0 rings (SSSR count). The fourth-order valence-corrected chi connectivity index (χ4v) is 0.543. The number of nitrogens with two attached hydrogens (primary N) is 1. The Morgan fingerprint density at radius 3 is 2.69 bits per heavy atom. The summed E-state index contributed by atoms with van der Waals surface area (Å²) in [5.74, 6) is -0.505. The molecule has 0 bridgehead atoms. The number of primary amides is 1. The first-order valence-corrected chi connectivity index (χ1v) is 3.72. The van der Waals surface area contributed by atoms with Crippen molar-refractivity contribution in [2.45, 2.75) is 0 Å². The molecule has 0 aromatic carbocycles. The van der Waals surface area contributed by atoms with Gasteiger partial charge in [0.2, 0.25) is 5.91 Å². The Morgan fingerprint density at radius 1 is 1.38 bits per heavy atom. The molecule has 0 aromatic rings. The molecule has 0 aliphatic heterocycles. The van der Waals surface area contributed by atoms with Crippen LogP contribution in [0.15, 0.2) is 5.11 Å². The first-order chi connectivity index (χ1) is 6.27. The average molecular weight is 188 g/mol. The molecular formula is C6H12N4O3. The molecule has 0 fully saturated rings. The van der Waals surface area contributed by atoms with Crippen molar-refractivity contribution in [1.82, 2.24) is 0 Å². The molecule has 13 heavy (non-hydrogen) atoms. The van der Waals surface area contributed by atoms with Gasteiger partial charge < -0.3 is 15.2 Å². The SMILES string of the molecule is [N-]=[N+]=NCCOCCOCC(N)=O. The maximum Gasteiger partial charge on any atom is 0.243 e. The summed E-state index contributed by atoms with van der Waals surface area (Å²) in [4.78, 5) is 12.7. The largest absolute Gasteiger partial charge is 0.379 e. The first kappa shape index (κ1) is 11.7. The van der Waals surface area contributed by atoms with Gasteiger partial charge in [0.15, 0.2) is 0 Å². The number of hydrogen-bond acceptors (Lipinski definition) is 4. The highest BCUT2D eigenvalue weighted by Crippen LogP contribution is 1.79. The highest BCUT2D eigenvalue weighted by molar-refractivity contribution is 5.74. The van der Waals surface area contributed by atoms with E-state index < -0.39 is 5.91 Å². The number of azide groups is 1. The minimum Gasteiger partial charge on any atom is -0.379 e. The third-order valence-corrected chi connectivity index (χ3v) is 1.02. The molecule has 0 unspecified atom stereocenters. The lowest BCUT2D eigenvalue weighted by molar-refractivity contribution is -0.123. The Hall–Kier alpha value is -1.30. The lowest BCUT2D eigenvalue weighted by atomic mass is 10.6. The summed E-state index contributed by atoms with van der Waals surface area (Å²) >= 11 is 0. The fourth-order valence-electron chi connectivity index (χ4n) is 0.543. The summed E-state index contributed by atoms with van der Waals surface area (Å²) in [7, 11) is 0. The third-order valence-electron chi connectivity index (χ3n) is 1.02. The van der Waals surface area contributed by atoms with E-state index in [2.05, 4.69) is 10.0 Å². The molecule has 7 nitrogen and oxygen atoms in total. The number of ether oxygens (including phenoxy) is 2. The molecule has 0 saturated carbocycles. The number of carbonyl (C=O) groups is 1. The standard InChI is InChI=1S/C6H12N4O3/c7-6(11)5-13-4-3-12-2-1-9-10-8/h1-5H2,(H2,7,11). The van der Waals surface area contributed by atoms with Crippen molar-refractivity contribution in [3.05, 3.63) is 10.4 Å². The van der Waals surface area contributed by atoms with Crippen LogP contribution in [0, 0.1) is 0 Å². The van der Waals surface area contributed by atoms with E-state index in [4.69, 9.17) is 20.7 Å². The molecule has 0 aromatic heterocycles. The van der Waals surface area contributed by atoms with Gasteiger partial charge in [-0.05, 0) is 5.53 Å². The lowest BCUT2D eigenvalue weighted by Crippen LogP contribution is -2.19. The molecule has 0 spiro atoms. The van der Waals surface area contributed by atoms with Gasteiger partial charge in [0.25, 0.3) is 0 Å². The van der Waals surface area contributed by atoms with Crippen LogP contribution in [0.1, 0.15) is 0 Å². The topological polar surface area (TPSA) is 110 Å². The van der Waals surface area contributed by atoms with Crippen LogP contribution >= 0.6 is 0 Å². The number of carbonyl (C=O) groups excluding carboxylic acids is 1. The van der Waals surface area contributed by atoms with Crippen molar-refractivity contribution in [3.63, 3.8) is 0 Å². The predicted octanol–water partition coefficient (Wildman–Crippen LogP) is -0.185. The van der Waals surface area contributed by atoms with Gasteiger partial charge in [-0.3, -0.25) is 4.79 Å². The van der Waals surface area contributed by atoms with Gasteiger partial charge >= 0.3 is 0 Å². The molecular weight excluding hydrogens is 176 g/mol. The molecule has 2 N–H and O–H groups in total. The lowest BCUT2D eigenvalue weighted by Gasteiger charge is -2.01. The summed E-state index contributed by atoms with van der Waals surface area (Å²) in [6.07, 6.45) is 0. The van der Waals surface area contributed by atoms with Crippen molar-refractivity contribution in [3.8, 4) is 0 Å². The molecule has 1 amide bonds. The average Bonchev–Trinajstić information content (AvgIpc) is 2.09. The molecule has 7 heteroatoms. The number of hydrogen-bond donors (Lipinski definition) is 1. The van der Waals surface area contributed by atoms with E-state index in [1.165, 1.54) is 0 Å². The van der Waals surface area contributed by atoms with E-state index in [0.29, 0.717) is 26.4 Å². The van der Waals surface area contributed by atoms with Crippen molar-refractivity contribution in [2.24, 2.45) is 10.8 Å². The van der Waals surface area contributed by atoms with E-state index in [1.54, 1.807) is 0 Å². The van der Waals surface area contributed by atoms with E-state index in [0.717, 1.165) is 0 Å². The molecule has 74 valence electrons. The van der Waals surface area contributed by atoms with Crippen molar-refractivity contribution in [1.29, 1.82) is 0 Å². The Labute approximate surface area is 75.4 Å². The highest BCUT2D eigenvalue weighted by atomic mass is 16.5. The Kier molecular flexibility index (Phi) is 7.91. The van der Waals surface area contributed by atoms with Crippen molar-refractivity contribution in [2.75, 3.05) is 33.0 Å². The number of rotatable bonds is 8. The minimum absolute atomic E-state index is 0.0975. The molecule has 0 radical (unpaired) electrons. The van der Waals surface area contributed by atoms with Crippen molar-refractivity contribution < 1.29 is 14.3 Å². The van der Waals surface area contributed by atoms with E-state index in [-0.39, 0.29) is 6.61 Å². The van der Waals surface area contributed by atoms with Crippen LogP contribution < -0.4 is 5.73 Å². The zero-order chi connectivity index (χ0) is 9.94. The van der Waals surface area contributed by atoms with Crippen LogP contribution in [0.2, 0.25) is 0 Å². The molecule has 0 atom stereocenters. The van der Waals surface area contributed by atoms with E-state index in [1.807, 2.05) is 0 Å². The fraction of sp³-hybridized carbons (Fsp3) is 0.833. The Bertz CT molecular complexity index is 184. The zero-order valence-electron chi connectivity index (χ0n) is 7.18. The number of amides is 1. The maximum atomic E-state index is 10.2. The normalized spacial score (nSPS) is 9.23. The first-order valence-electron chi connectivity index (χ1n) is 3.72. The monoisotopic (exact) mass is 188 g/mol. The van der Waals surface area contributed by atoms with Crippen LogP contribution in [-0.2, 0) is 14.3 Å². The summed E-state index contributed by atoms with van der Waals surface area (Å²) in [5.41, 5.74) is 12.7. The van der Waals surface area contributed by atoms with Gasteiger partial charge in [0.1, 0.15) is 6.61 Å². The van der Waals surface area contributed by atoms with Gasteiger partial charge in [-0.2, -0.15) is 0 Å². The third kappa shape index (κ3) is 10.7. The van der Waals surface area contributed by atoms with Crippen LogP contribution in [0.25, 0.3) is 10.4 Å². The van der Waals surface area contributed by atoms with Gasteiger partial charge in [-0.25, -0.2) is 0 Å². The van der Waals surface area contributed by atoms with Crippen LogP contribution in [0.3, 0.4) is 0 Å². The summed E-state index contributed by atoms with van der Waals surface area (Å²) in [6.45, 7) is 1.21. The molecule has 0 aliphatic rings. The maximum absolute atomic E-state index is 10.2. The quantitative estimate of drug-likeness (QED) is 0.247. The molecule has 0 aliphatic carbocycles. The van der Waals surface area contributed by atoms with E-state index in [9.17, 15) is 4.79 Å².